The SMILES string of the molecule is CCCN(CC(=O)Nc1cccc(Cl)c1)C1CCNC1. The number of nitrogens with zero attached hydrogens (tertiary/aromatic N) is 1. The van der Waals surface area contributed by atoms with Gasteiger partial charge in [0.2, 0.25) is 5.91 Å². The highest BCUT2D eigenvalue weighted by Gasteiger charge is 2.23. The molecule has 1 unspecified atom stereocenters. The average Bonchev–Trinajstić information content (AvgIpc) is 2.92. The van der Waals surface area contributed by atoms with Crippen LogP contribution in [0.5, 0.6) is 0 Å². The highest BCUT2D eigenvalue weighted by atomic mass is 35.5. The molecule has 0 radical (unpaired) electrons. The average molecular weight is 296 g/mol. The maximum Gasteiger partial charge on any atom is 0.238 e. The zero-order chi connectivity index (χ0) is 14.4. The first-order valence-electron chi connectivity index (χ1n) is 7.19. The number of carbonyl (C=O) groups is 1. The van der Waals surface area contributed by atoms with Gasteiger partial charge in [-0.2, -0.15) is 0 Å². The van der Waals surface area contributed by atoms with Crippen molar-refractivity contribution in [2.24, 2.45) is 0 Å². The molecule has 0 bridgehead atoms. The van der Waals surface area contributed by atoms with Crippen molar-refractivity contribution in [2.75, 3.05) is 31.5 Å². The number of halogens is 1. The van der Waals surface area contributed by atoms with Crippen LogP contribution >= 0.6 is 11.6 Å². The summed E-state index contributed by atoms with van der Waals surface area (Å²) in [6.45, 7) is 5.55. The first-order chi connectivity index (χ1) is 9.69. The molecule has 1 aliphatic heterocycles. The first kappa shape index (κ1) is 15.3. The van der Waals surface area contributed by atoms with Gasteiger partial charge in [0.1, 0.15) is 0 Å². The Morgan fingerprint density at radius 2 is 2.40 bits per heavy atom. The summed E-state index contributed by atoms with van der Waals surface area (Å²) in [5.74, 6) is 0.0209. The van der Waals surface area contributed by atoms with Crippen LogP contribution in [0.25, 0.3) is 0 Å². The van der Waals surface area contributed by atoms with Gasteiger partial charge in [-0.25, -0.2) is 0 Å². The van der Waals surface area contributed by atoms with Gasteiger partial charge in [0.25, 0.3) is 0 Å². The zero-order valence-electron chi connectivity index (χ0n) is 11.9. The summed E-state index contributed by atoms with van der Waals surface area (Å²) < 4.78 is 0. The number of amides is 1. The zero-order valence-corrected chi connectivity index (χ0v) is 12.6. The van der Waals surface area contributed by atoms with E-state index in [1.165, 1.54) is 0 Å². The van der Waals surface area contributed by atoms with E-state index in [0.717, 1.165) is 38.2 Å². The molecule has 1 amide bonds. The molecule has 4 nitrogen and oxygen atoms in total. The van der Waals surface area contributed by atoms with Crippen LogP contribution in [-0.2, 0) is 4.79 Å². The molecule has 1 saturated heterocycles. The normalized spacial score (nSPS) is 18.4. The fourth-order valence-electron chi connectivity index (χ4n) is 2.58. The van der Waals surface area contributed by atoms with E-state index in [9.17, 15) is 4.79 Å². The number of hydrogen-bond donors (Lipinski definition) is 2. The van der Waals surface area contributed by atoms with Crippen molar-refractivity contribution in [1.82, 2.24) is 10.2 Å². The maximum absolute atomic E-state index is 12.1. The minimum atomic E-state index is 0.0209. The number of carbonyl (C=O) groups excluding carboxylic acids is 1. The minimum absolute atomic E-state index is 0.0209. The lowest BCUT2D eigenvalue weighted by atomic mass is 10.2. The smallest absolute Gasteiger partial charge is 0.238 e. The van der Waals surface area contributed by atoms with Crippen LogP contribution < -0.4 is 10.6 Å². The van der Waals surface area contributed by atoms with Gasteiger partial charge >= 0.3 is 0 Å². The molecular formula is C15H22ClN3O. The van der Waals surface area contributed by atoms with Crippen molar-refractivity contribution in [1.29, 1.82) is 0 Å². The van der Waals surface area contributed by atoms with Gasteiger partial charge in [-0.3, -0.25) is 9.69 Å². The molecule has 1 heterocycles. The van der Waals surface area contributed by atoms with E-state index in [1.54, 1.807) is 12.1 Å². The van der Waals surface area contributed by atoms with Gasteiger partial charge in [0.05, 0.1) is 6.54 Å². The molecule has 1 atom stereocenters. The number of hydrogen-bond acceptors (Lipinski definition) is 3. The van der Waals surface area contributed by atoms with Crippen molar-refractivity contribution < 1.29 is 4.79 Å². The second-order valence-corrected chi connectivity index (χ2v) is 5.61. The third-order valence-corrected chi connectivity index (χ3v) is 3.75. The van der Waals surface area contributed by atoms with Crippen LogP contribution in [0.1, 0.15) is 19.8 Å². The molecule has 2 rings (SSSR count). The standard InChI is InChI=1S/C15H22ClN3O/c1-2-8-19(14-6-7-17-10-14)11-15(20)18-13-5-3-4-12(16)9-13/h3-5,9,14,17H,2,6-8,10-11H2,1H3,(H,18,20). The Kier molecular flexibility index (Phi) is 5.83. The predicted molar refractivity (Wildman–Crippen MR) is 83.2 cm³/mol. The quantitative estimate of drug-likeness (QED) is 0.847. The summed E-state index contributed by atoms with van der Waals surface area (Å²) in [6, 6.07) is 7.72. The van der Waals surface area contributed by atoms with Crippen molar-refractivity contribution in [3.05, 3.63) is 29.3 Å². The van der Waals surface area contributed by atoms with E-state index >= 15 is 0 Å². The Morgan fingerprint density at radius 3 is 3.05 bits per heavy atom. The third-order valence-electron chi connectivity index (χ3n) is 3.52. The van der Waals surface area contributed by atoms with Gasteiger partial charge < -0.3 is 10.6 Å². The van der Waals surface area contributed by atoms with E-state index in [0.29, 0.717) is 17.6 Å². The summed E-state index contributed by atoms with van der Waals surface area (Å²) in [5, 5.41) is 6.89. The topological polar surface area (TPSA) is 44.4 Å². The molecule has 1 aromatic rings. The lowest BCUT2D eigenvalue weighted by Gasteiger charge is -2.27. The molecule has 1 aromatic carbocycles. The van der Waals surface area contributed by atoms with Gasteiger partial charge in [-0.15, -0.1) is 0 Å². The lowest BCUT2D eigenvalue weighted by molar-refractivity contribution is -0.117. The van der Waals surface area contributed by atoms with E-state index in [2.05, 4.69) is 22.5 Å². The fraction of sp³-hybridized carbons (Fsp3) is 0.533. The predicted octanol–water partition coefficient (Wildman–Crippen LogP) is 2.35. The van der Waals surface area contributed by atoms with Crippen LogP contribution in [-0.4, -0.2) is 43.0 Å². The number of nitrogens with one attached hydrogen (secondary N) is 2. The Bertz CT molecular complexity index is 446. The van der Waals surface area contributed by atoms with Crippen molar-refractivity contribution in [3.8, 4) is 0 Å². The Labute approximate surface area is 125 Å². The summed E-state index contributed by atoms with van der Waals surface area (Å²) >= 11 is 5.92. The van der Waals surface area contributed by atoms with Crippen LogP contribution in [0.3, 0.4) is 0 Å². The maximum atomic E-state index is 12.1. The van der Waals surface area contributed by atoms with Gasteiger partial charge in [-0.1, -0.05) is 24.6 Å². The summed E-state index contributed by atoms with van der Waals surface area (Å²) in [5.41, 5.74) is 0.753. The molecule has 0 aliphatic carbocycles. The molecule has 0 spiro atoms. The first-order valence-corrected chi connectivity index (χ1v) is 7.57. The molecule has 0 saturated carbocycles. The number of benzene rings is 1. The Morgan fingerprint density at radius 1 is 1.55 bits per heavy atom. The van der Waals surface area contributed by atoms with Crippen LogP contribution in [0, 0.1) is 0 Å². The largest absolute Gasteiger partial charge is 0.325 e. The molecule has 5 heteroatoms. The van der Waals surface area contributed by atoms with E-state index < -0.39 is 0 Å². The molecule has 1 fully saturated rings. The van der Waals surface area contributed by atoms with E-state index in [1.807, 2.05) is 12.1 Å². The van der Waals surface area contributed by atoms with Crippen molar-refractivity contribution >= 4 is 23.2 Å². The molecule has 0 aromatic heterocycles. The second kappa shape index (κ2) is 7.62. The molecule has 2 N–H and O–H groups in total. The Hall–Kier alpha value is -1.10. The highest BCUT2D eigenvalue weighted by Crippen LogP contribution is 2.15. The van der Waals surface area contributed by atoms with E-state index in [-0.39, 0.29) is 5.91 Å². The number of anilines is 1. The molecule has 20 heavy (non-hydrogen) atoms. The van der Waals surface area contributed by atoms with Crippen LogP contribution in [0.2, 0.25) is 5.02 Å². The Balaban J connectivity index is 1.90. The van der Waals surface area contributed by atoms with Crippen molar-refractivity contribution in [2.45, 2.75) is 25.8 Å². The van der Waals surface area contributed by atoms with Crippen LogP contribution in [0.15, 0.2) is 24.3 Å². The van der Waals surface area contributed by atoms with Gasteiger partial charge in [-0.05, 0) is 44.1 Å². The minimum Gasteiger partial charge on any atom is -0.325 e. The van der Waals surface area contributed by atoms with Crippen molar-refractivity contribution in [3.63, 3.8) is 0 Å². The lowest BCUT2D eigenvalue weighted by Crippen LogP contribution is -2.42. The third kappa shape index (κ3) is 4.47. The van der Waals surface area contributed by atoms with Crippen LogP contribution in [0.4, 0.5) is 5.69 Å². The monoisotopic (exact) mass is 295 g/mol. The van der Waals surface area contributed by atoms with Gasteiger partial charge in [0, 0.05) is 23.3 Å². The molecule has 1 aliphatic rings. The number of rotatable bonds is 6. The van der Waals surface area contributed by atoms with Gasteiger partial charge in [0.15, 0.2) is 0 Å². The second-order valence-electron chi connectivity index (χ2n) is 5.18. The van der Waals surface area contributed by atoms with E-state index in [4.69, 9.17) is 11.6 Å². The molecular weight excluding hydrogens is 274 g/mol. The fourth-order valence-corrected chi connectivity index (χ4v) is 2.77. The summed E-state index contributed by atoms with van der Waals surface area (Å²) in [4.78, 5) is 14.4. The molecule has 110 valence electrons. The summed E-state index contributed by atoms with van der Waals surface area (Å²) in [6.07, 6.45) is 2.17. The summed E-state index contributed by atoms with van der Waals surface area (Å²) in [7, 11) is 0. The highest BCUT2D eigenvalue weighted by molar-refractivity contribution is 6.30.